The standard InChI is InChI=1S/C49H61NO18/c1-29(51)50-41-38(64-31(3)53)24-49(48(57)59-7,68-44(41)43(66-33(5)55)39(65-32(4)54)28-60-30(2)52)40(56)23-37-42(61-25-34-17-11-8-12-18-34)45(62-26-35-19-13-9-14-20-35)46(47(58-6)67-37)63-27-36-21-15-10-16-22-36/h8-22,37-47,56H,23-28H2,1-7H3,(H,50,51)/t37-,38+,39-,40?,41-,42-,43-,44-,45+,46+,47+,49+/m1/s1. The summed E-state index contributed by atoms with van der Waals surface area (Å²) in [6.07, 6.45) is -15.2. The predicted octanol–water partition coefficient (Wildman–Crippen LogP) is 3.43. The molecule has 3 aromatic rings. The van der Waals surface area contributed by atoms with Crippen LogP contribution in [0.15, 0.2) is 91.0 Å². The van der Waals surface area contributed by atoms with E-state index in [0.717, 1.165) is 58.4 Å². The molecular weight excluding hydrogens is 891 g/mol. The molecule has 0 aliphatic carbocycles. The molecule has 68 heavy (non-hydrogen) atoms. The molecule has 1 unspecified atom stereocenters. The minimum absolute atomic E-state index is 0.0350. The Balaban J connectivity index is 1.63. The molecule has 2 fully saturated rings. The largest absolute Gasteiger partial charge is 0.467 e. The molecule has 2 aliphatic heterocycles. The SMILES string of the molecule is COC(=O)[C@@]1(C(O)C[C@H]2O[C@H](OC)[C@@H](OCc3ccccc3)[C@@H](OCc3ccccc3)[C@@H]2OCc2ccccc2)C[C@H](OC(C)=O)[C@@H](NC(C)=O)[C@H]([C@H](OC(C)=O)[C@@H](COC(C)=O)OC(C)=O)O1. The van der Waals surface area contributed by atoms with E-state index in [4.69, 9.17) is 52.1 Å². The van der Waals surface area contributed by atoms with Crippen LogP contribution in [0.4, 0.5) is 0 Å². The third kappa shape index (κ3) is 14.6. The normalized spacial score (nSPS) is 25.9. The van der Waals surface area contributed by atoms with Gasteiger partial charge in [-0.25, -0.2) is 4.79 Å². The van der Waals surface area contributed by atoms with Crippen LogP contribution in [0.5, 0.6) is 0 Å². The first-order chi connectivity index (χ1) is 32.5. The average molecular weight is 952 g/mol. The summed E-state index contributed by atoms with van der Waals surface area (Å²) >= 11 is 0. The smallest absolute Gasteiger partial charge is 0.341 e. The van der Waals surface area contributed by atoms with Crippen molar-refractivity contribution < 1.29 is 86.0 Å². The highest BCUT2D eigenvalue weighted by atomic mass is 16.7. The number of hydrogen-bond donors (Lipinski definition) is 2. The summed E-state index contributed by atoms with van der Waals surface area (Å²) in [5.41, 5.74) is -0.0722. The van der Waals surface area contributed by atoms with Gasteiger partial charge in [0.05, 0.1) is 45.2 Å². The number of aliphatic hydroxyl groups is 1. The van der Waals surface area contributed by atoms with Gasteiger partial charge in [0.1, 0.15) is 37.1 Å². The van der Waals surface area contributed by atoms with Crippen LogP contribution < -0.4 is 5.32 Å². The minimum atomic E-state index is -2.54. The van der Waals surface area contributed by atoms with Gasteiger partial charge in [-0.15, -0.1) is 0 Å². The lowest BCUT2D eigenvalue weighted by atomic mass is 9.78. The zero-order chi connectivity index (χ0) is 49.4. The van der Waals surface area contributed by atoms with Crippen molar-refractivity contribution in [2.75, 3.05) is 20.8 Å². The van der Waals surface area contributed by atoms with E-state index in [1.165, 1.54) is 7.11 Å². The van der Waals surface area contributed by atoms with E-state index in [9.17, 15) is 33.9 Å². The summed E-state index contributed by atoms with van der Waals surface area (Å²) in [5, 5.41) is 15.4. The zero-order valence-corrected chi connectivity index (χ0v) is 39.1. The van der Waals surface area contributed by atoms with Crippen LogP contribution in [-0.4, -0.2) is 135 Å². The Morgan fingerprint density at radius 3 is 1.66 bits per heavy atom. The van der Waals surface area contributed by atoms with Gasteiger partial charge < -0.3 is 62.5 Å². The van der Waals surface area contributed by atoms with Gasteiger partial charge in [0.15, 0.2) is 24.1 Å². The number of carbonyl (C=O) groups is 6. The van der Waals surface area contributed by atoms with Gasteiger partial charge in [-0.3, -0.25) is 24.0 Å². The van der Waals surface area contributed by atoms with Gasteiger partial charge >= 0.3 is 29.8 Å². The number of esters is 5. The van der Waals surface area contributed by atoms with Crippen LogP contribution in [-0.2, 0) is 101 Å². The molecule has 0 aromatic heterocycles. The van der Waals surface area contributed by atoms with Crippen molar-refractivity contribution in [2.45, 2.75) is 140 Å². The molecule has 2 aliphatic rings. The van der Waals surface area contributed by atoms with Crippen LogP contribution in [0, 0.1) is 0 Å². The number of methoxy groups -OCH3 is 2. The lowest BCUT2D eigenvalue weighted by molar-refractivity contribution is -0.324. The van der Waals surface area contributed by atoms with Crippen molar-refractivity contribution >= 4 is 35.8 Å². The van der Waals surface area contributed by atoms with E-state index in [1.807, 2.05) is 91.0 Å². The number of ether oxygens (including phenoxy) is 11. The van der Waals surface area contributed by atoms with Gasteiger partial charge in [0.25, 0.3) is 0 Å². The zero-order valence-electron chi connectivity index (χ0n) is 39.1. The summed E-state index contributed by atoms with van der Waals surface area (Å²) in [4.78, 5) is 77.5. The fourth-order valence-electron chi connectivity index (χ4n) is 8.36. The van der Waals surface area contributed by atoms with Crippen LogP contribution in [0.1, 0.15) is 64.2 Å². The lowest BCUT2D eigenvalue weighted by Gasteiger charge is -2.51. The highest BCUT2D eigenvalue weighted by Gasteiger charge is 2.62. The second-order valence-electron chi connectivity index (χ2n) is 16.4. The quantitative estimate of drug-likeness (QED) is 0.108. The molecule has 19 heteroatoms. The highest BCUT2D eigenvalue weighted by Crippen LogP contribution is 2.41. The molecule has 5 rings (SSSR count). The van der Waals surface area contributed by atoms with E-state index in [0.29, 0.717) is 0 Å². The number of hydrogen-bond acceptors (Lipinski definition) is 18. The number of carbonyl (C=O) groups excluding carboxylic acids is 6. The molecule has 0 radical (unpaired) electrons. The first-order valence-electron chi connectivity index (χ1n) is 22.1. The molecule has 0 spiro atoms. The molecule has 12 atom stereocenters. The molecule has 3 aromatic carbocycles. The summed E-state index contributed by atoms with van der Waals surface area (Å²) in [7, 11) is 2.45. The summed E-state index contributed by atoms with van der Waals surface area (Å²) in [5.74, 6) is -5.38. The molecule has 0 saturated carbocycles. The Hall–Kier alpha value is -5.80. The monoisotopic (exact) mass is 951 g/mol. The van der Waals surface area contributed by atoms with Crippen molar-refractivity contribution in [1.29, 1.82) is 0 Å². The molecule has 2 heterocycles. The fraction of sp³-hybridized carbons (Fsp3) is 0.510. The first-order valence-corrected chi connectivity index (χ1v) is 22.1. The Morgan fingerprint density at radius 1 is 0.691 bits per heavy atom. The van der Waals surface area contributed by atoms with Crippen LogP contribution >= 0.6 is 0 Å². The average Bonchev–Trinajstić information content (AvgIpc) is 3.31. The molecule has 0 bridgehead atoms. The highest BCUT2D eigenvalue weighted by molar-refractivity contribution is 5.81. The Kier molecular flexibility index (Phi) is 20.0. The number of benzene rings is 3. The maximum Gasteiger partial charge on any atom is 0.341 e. The van der Waals surface area contributed by atoms with Crippen LogP contribution in [0.2, 0.25) is 0 Å². The van der Waals surface area contributed by atoms with Crippen molar-refractivity contribution in [2.24, 2.45) is 0 Å². The third-order valence-corrected chi connectivity index (χ3v) is 11.3. The second kappa shape index (κ2) is 25.5. The van der Waals surface area contributed by atoms with Crippen molar-refractivity contribution in [3.05, 3.63) is 108 Å². The Labute approximate surface area is 394 Å². The molecule has 2 N–H and O–H groups in total. The molecule has 2 saturated heterocycles. The maximum atomic E-state index is 14.5. The van der Waals surface area contributed by atoms with Crippen LogP contribution in [0.25, 0.3) is 0 Å². The van der Waals surface area contributed by atoms with E-state index < -0.39 is 128 Å². The molecule has 370 valence electrons. The summed E-state index contributed by atoms with van der Waals surface area (Å²) in [6.45, 7) is 4.95. The molecular formula is C49H61NO18. The van der Waals surface area contributed by atoms with Gasteiger partial charge in [0, 0.05) is 54.6 Å². The third-order valence-electron chi connectivity index (χ3n) is 11.3. The second-order valence-corrected chi connectivity index (χ2v) is 16.4. The Morgan fingerprint density at radius 2 is 1.21 bits per heavy atom. The lowest BCUT2D eigenvalue weighted by Crippen LogP contribution is -2.71. The van der Waals surface area contributed by atoms with Gasteiger partial charge in [-0.2, -0.15) is 0 Å². The fourth-order valence-corrected chi connectivity index (χ4v) is 8.36. The van der Waals surface area contributed by atoms with E-state index in [2.05, 4.69) is 5.32 Å². The van der Waals surface area contributed by atoms with E-state index in [-0.39, 0.29) is 19.8 Å². The van der Waals surface area contributed by atoms with Crippen LogP contribution in [0.3, 0.4) is 0 Å². The van der Waals surface area contributed by atoms with E-state index in [1.54, 1.807) is 0 Å². The first kappa shape index (κ1) is 53.2. The van der Waals surface area contributed by atoms with Crippen molar-refractivity contribution in [1.82, 2.24) is 5.32 Å². The van der Waals surface area contributed by atoms with Gasteiger partial charge in [-0.05, 0) is 16.7 Å². The summed E-state index contributed by atoms with van der Waals surface area (Å²) < 4.78 is 66.6. The number of aliphatic hydroxyl groups excluding tert-OH is 1. The van der Waals surface area contributed by atoms with Crippen molar-refractivity contribution in [3.63, 3.8) is 0 Å². The number of nitrogens with one attached hydrogen (secondary N) is 1. The van der Waals surface area contributed by atoms with Gasteiger partial charge in [-0.1, -0.05) is 91.0 Å². The predicted molar refractivity (Wildman–Crippen MR) is 236 cm³/mol. The van der Waals surface area contributed by atoms with Crippen molar-refractivity contribution in [3.8, 4) is 0 Å². The molecule has 1 amide bonds. The number of rotatable bonds is 22. The van der Waals surface area contributed by atoms with Gasteiger partial charge in [0.2, 0.25) is 5.91 Å². The maximum absolute atomic E-state index is 14.5. The molecule has 19 nitrogen and oxygen atoms in total. The summed E-state index contributed by atoms with van der Waals surface area (Å²) in [6, 6.07) is 26.6. The minimum Gasteiger partial charge on any atom is -0.467 e. The number of amides is 1. The van der Waals surface area contributed by atoms with E-state index >= 15 is 0 Å². The Bertz CT molecular complexity index is 2110. The topological polar surface area (TPSA) is 236 Å².